The number of fused-ring (bicyclic) bond motifs is 1. The normalized spacial score (nSPS) is 14.0. The van der Waals surface area contributed by atoms with Gasteiger partial charge in [-0.05, 0) is 41.7 Å². The van der Waals surface area contributed by atoms with Crippen molar-refractivity contribution in [3.8, 4) is 17.3 Å². The lowest BCUT2D eigenvalue weighted by atomic mass is 9.96. The average molecular weight is 658 g/mol. The van der Waals surface area contributed by atoms with Crippen molar-refractivity contribution in [2.24, 2.45) is 0 Å². The molecule has 242 valence electrons. The number of para-hydroxylation sites is 1. The van der Waals surface area contributed by atoms with Crippen LogP contribution in [0.25, 0.3) is 5.69 Å². The van der Waals surface area contributed by atoms with Crippen molar-refractivity contribution in [2.45, 2.75) is 50.3 Å². The second-order valence-electron chi connectivity index (χ2n) is 10.7. The van der Waals surface area contributed by atoms with Crippen LogP contribution < -0.4 is 9.47 Å². The summed E-state index contributed by atoms with van der Waals surface area (Å²) in [5.74, 6) is -1.82. The Bertz CT molecular complexity index is 1830. The topological polar surface area (TPSA) is 117 Å². The number of carbonyl (C=O) groups excluding carboxylic acids is 2. The van der Waals surface area contributed by atoms with Gasteiger partial charge < -0.3 is 14.2 Å². The van der Waals surface area contributed by atoms with Crippen molar-refractivity contribution in [1.82, 2.24) is 14.1 Å². The lowest BCUT2D eigenvalue weighted by Gasteiger charge is -2.16. The van der Waals surface area contributed by atoms with Gasteiger partial charge >= 0.3 is 12.1 Å². The zero-order valence-corrected chi connectivity index (χ0v) is 25.7. The summed E-state index contributed by atoms with van der Waals surface area (Å²) in [4.78, 5) is 25.3. The van der Waals surface area contributed by atoms with Gasteiger partial charge in [-0.1, -0.05) is 62.4 Å². The Morgan fingerprint density at radius 1 is 0.957 bits per heavy atom. The minimum atomic E-state index is -4.80. The first-order valence-electron chi connectivity index (χ1n) is 14.3. The first-order chi connectivity index (χ1) is 21.9. The first-order valence-corrected chi connectivity index (χ1v) is 15.7. The molecule has 1 aliphatic heterocycles. The summed E-state index contributed by atoms with van der Waals surface area (Å²) in [5.41, 5.74) is 0.177. The van der Waals surface area contributed by atoms with Crippen LogP contribution in [-0.2, 0) is 32.3 Å². The molecule has 0 N–H and O–H groups in total. The molecule has 1 aliphatic rings. The molecule has 0 unspecified atom stereocenters. The van der Waals surface area contributed by atoms with Crippen molar-refractivity contribution in [2.75, 3.05) is 13.3 Å². The molecule has 1 aromatic heterocycles. The summed E-state index contributed by atoms with van der Waals surface area (Å²) in [6.45, 7) is 2.87. The minimum absolute atomic E-state index is 0.0667. The predicted octanol–water partition coefficient (Wildman–Crippen LogP) is 6.10. The number of sulfonamides is 1. The fourth-order valence-electron chi connectivity index (χ4n) is 4.76. The quantitative estimate of drug-likeness (QED) is 0.133. The number of halogens is 3. The first kappa shape index (κ1) is 32.5. The monoisotopic (exact) mass is 657 g/mol. The van der Waals surface area contributed by atoms with Gasteiger partial charge in [0.1, 0.15) is 17.3 Å². The molecule has 0 radical (unpaired) electrons. The van der Waals surface area contributed by atoms with Crippen molar-refractivity contribution in [3.63, 3.8) is 0 Å². The molecule has 0 spiro atoms. The summed E-state index contributed by atoms with van der Waals surface area (Å²) >= 11 is 0. The van der Waals surface area contributed by atoms with E-state index in [2.05, 4.69) is 5.10 Å². The second-order valence-corrected chi connectivity index (χ2v) is 12.5. The van der Waals surface area contributed by atoms with Crippen molar-refractivity contribution >= 4 is 21.9 Å². The molecule has 4 aromatic rings. The summed E-state index contributed by atoms with van der Waals surface area (Å²) in [6.07, 6.45) is -4.43. The number of benzene rings is 3. The van der Waals surface area contributed by atoms with Crippen LogP contribution in [0.4, 0.5) is 13.2 Å². The van der Waals surface area contributed by atoms with E-state index in [1.807, 2.05) is 30.3 Å². The molecular weight excluding hydrogens is 627 g/mol. The third kappa shape index (κ3) is 7.01. The molecule has 0 bridgehead atoms. The molecule has 0 fully saturated rings. The smallest absolute Gasteiger partial charge is 0.435 e. The highest BCUT2D eigenvalue weighted by Crippen LogP contribution is 2.39. The maximum atomic E-state index is 13.6. The van der Waals surface area contributed by atoms with E-state index in [4.69, 9.17) is 14.2 Å². The van der Waals surface area contributed by atoms with Gasteiger partial charge in [-0.3, -0.25) is 9.59 Å². The molecule has 46 heavy (non-hydrogen) atoms. The fourth-order valence-corrected chi connectivity index (χ4v) is 6.23. The van der Waals surface area contributed by atoms with Crippen LogP contribution in [0, 0.1) is 0 Å². The van der Waals surface area contributed by atoms with Gasteiger partial charge in [0.2, 0.25) is 5.88 Å². The lowest BCUT2D eigenvalue weighted by Crippen LogP contribution is -2.34. The van der Waals surface area contributed by atoms with Gasteiger partial charge in [-0.15, -0.1) is 0 Å². The molecular formula is C32H30F3N3O7S. The molecule has 2 heterocycles. The average Bonchev–Trinajstić information content (AvgIpc) is 3.54. The Balaban J connectivity index is 1.30. The van der Waals surface area contributed by atoms with Crippen molar-refractivity contribution < 1.29 is 45.4 Å². The van der Waals surface area contributed by atoms with Crippen LogP contribution in [0.5, 0.6) is 11.6 Å². The van der Waals surface area contributed by atoms with E-state index in [1.165, 1.54) is 18.2 Å². The Labute approximate surface area is 263 Å². The summed E-state index contributed by atoms with van der Waals surface area (Å²) in [7, 11) is -4.47. The molecule has 3 aromatic carbocycles. The Morgan fingerprint density at radius 2 is 1.63 bits per heavy atom. The number of nitrogens with zero attached hydrogens (tertiary/aromatic N) is 3. The Hall–Kier alpha value is -4.85. The number of amides is 1. The van der Waals surface area contributed by atoms with Crippen LogP contribution in [0.1, 0.15) is 59.8 Å². The number of carbonyl (C=O) groups is 2. The fraction of sp³-hybridized carbons (Fsp3) is 0.281. The van der Waals surface area contributed by atoms with Gasteiger partial charge in [0.25, 0.3) is 15.9 Å². The number of hydrogen-bond donors (Lipinski definition) is 0. The van der Waals surface area contributed by atoms with E-state index in [-0.39, 0.29) is 47.4 Å². The highest BCUT2D eigenvalue weighted by Gasteiger charge is 2.44. The summed E-state index contributed by atoms with van der Waals surface area (Å²) in [6, 6.07) is 20.5. The maximum absolute atomic E-state index is 13.6. The molecule has 5 rings (SSSR count). The number of esters is 1. The number of alkyl halides is 3. The molecule has 1 amide bonds. The molecule has 0 atom stereocenters. The zero-order chi connectivity index (χ0) is 33.1. The molecule has 10 nitrogen and oxygen atoms in total. The molecule has 0 saturated carbocycles. The van der Waals surface area contributed by atoms with Crippen molar-refractivity contribution in [3.05, 3.63) is 101 Å². The highest BCUT2D eigenvalue weighted by atomic mass is 32.2. The SMILES string of the molecule is CC(C)c1cc(OCCCC(=O)OCc2ccccc2)cc2c1C(=O)N(COc1cc(C(F)(F)F)nn1-c1ccccc1)S2(=O)=O. The minimum Gasteiger partial charge on any atom is -0.494 e. The largest absolute Gasteiger partial charge is 0.494 e. The van der Waals surface area contributed by atoms with Crippen LogP contribution in [0.15, 0.2) is 83.8 Å². The molecule has 0 aliphatic carbocycles. The van der Waals surface area contributed by atoms with E-state index in [0.29, 0.717) is 22.4 Å². The zero-order valence-electron chi connectivity index (χ0n) is 24.9. The van der Waals surface area contributed by atoms with E-state index >= 15 is 0 Å². The van der Waals surface area contributed by atoms with Crippen molar-refractivity contribution in [1.29, 1.82) is 0 Å². The number of rotatable bonds is 12. The van der Waals surface area contributed by atoms with Crippen LogP contribution in [-0.4, -0.2) is 47.7 Å². The number of hydrogen-bond acceptors (Lipinski definition) is 8. The van der Waals surface area contributed by atoms with Crippen LogP contribution in [0.2, 0.25) is 0 Å². The van der Waals surface area contributed by atoms with E-state index in [0.717, 1.165) is 10.2 Å². The third-order valence-corrected chi connectivity index (χ3v) is 8.80. The van der Waals surface area contributed by atoms with Gasteiger partial charge in [0, 0.05) is 18.6 Å². The Kier molecular flexibility index (Phi) is 9.37. The van der Waals surface area contributed by atoms with Crippen LogP contribution in [0.3, 0.4) is 0 Å². The van der Waals surface area contributed by atoms with Gasteiger partial charge in [-0.2, -0.15) is 22.6 Å². The van der Waals surface area contributed by atoms with Gasteiger partial charge in [0.15, 0.2) is 12.4 Å². The summed E-state index contributed by atoms with van der Waals surface area (Å²) < 4.78 is 85.5. The molecule has 14 heteroatoms. The predicted molar refractivity (Wildman–Crippen MR) is 159 cm³/mol. The summed E-state index contributed by atoms with van der Waals surface area (Å²) in [5, 5.41) is 3.58. The maximum Gasteiger partial charge on any atom is 0.435 e. The Morgan fingerprint density at radius 3 is 2.28 bits per heavy atom. The second kappa shape index (κ2) is 13.3. The van der Waals surface area contributed by atoms with E-state index < -0.39 is 46.4 Å². The number of aromatic nitrogens is 2. The van der Waals surface area contributed by atoms with Gasteiger partial charge in [-0.25, -0.2) is 13.1 Å². The van der Waals surface area contributed by atoms with E-state index in [9.17, 15) is 31.2 Å². The standard InChI is InChI=1S/C32H30F3N3O7S/c1-21(2)25-16-24(43-15-9-14-29(39)44-19-22-10-5-3-6-11-22)17-26-30(25)31(40)37(46(26,41)42)20-45-28-18-27(32(33,34)35)36-38(28)23-12-7-4-8-13-23/h3-8,10-13,16-18,21H,9,14-15,19-20H2,1-2H3. The van der Waals surface area contributed by atoms with Crippen LogP contribution >= 0.6 is 0 Å². The third-order valence-electron chi connectivity index (χ3n) is 7.07. The van der Waals surface area contributed by atoms with Gasteiger partial charge in [0.05, 0.1) is 17.9 Å². The highest BCUT2D eigenvalue weighted by molar-refractivity contribution is 7.90. The lowest BCUT2D eigenvalue weighted by molar-refractivity contribution is -0.145. The van der Waals surface area contributed by atoms with E-state index in [1.54, 1.807) is 38.1 Å². The number of ether oxygens (including phenoxy) is 3. The molecule has 0 saturated heterocycles.